The molecule has 1 saturated carbocycles. The summed E-state index contributed by atoms with van der Waals surface area (Å²) in [5.41, 5.74) is 5.61. The summed E-state index contributed by atoms with van der Waals surface area (Å²) >= 11 is 0. The van der Waals surface area contributed by atoms with Crippen molar-refractivity contribution in [3.8, 4) is 0 Å². The summed E-state index contributed by atoms with van der Waals surface area (Å²) in [6.45, 7) is 2.14. The average molecular weight is 236 g/mol. The molecule has 0 saturated heterocycles. The van der Waals surface area contributed by atoms with Gasteiger partial charge in [0, 0.05) is 6.04 Å². The number of halogens is 1. The number of esters is 1. The van der Waals surface area contributed by atoms with Crippen LogP contribution in [0.15, 0.2) is 0 Å². The monoisotopic (exact) mass is 235 g/mol. The van der Waals surface area contributed by atoms with Crippen LogP contribution in [0.2, 0.25) is 0 Å². The molecule has 0 aromatic rings. The van der Waals surface area contributed by atoms with E-state index in [1.165, 1.54) is 7.11 Å². The summed E-state index contributed by atoms with van der Waals surface area (Å²) < 4.78 is 4.89. The quantitative estimate of drug-likeness (QED) is 0.761. The van der Waals surface area contributed by atoms with Crippen molar-refractivity contribution in [2.24, 2.45) is 11.1 Å². The van der Waals surface area contributed by atoms with Gasteiger partial charge in [0.1, 0.15) is 0 Å². The lowest BCUT2D eigenvalue weighted by Crippen LogP contribution is -2.31. The van der Waals surface area contributed by atoms with E-state index in [2.05, 4.69) is 6.92 Å². The van der Waals surface area contributed by atoms with Crippen LogP contribution in [0.25, 0.3) is 0 Å². The SMILES string of the molecule is CCCCC1(C(=O)OC)CCC(N)C1.Cl. The molecule has 15 heavy (non-hydrogen) atoms. The lowest BCUT2D eigenvalue weighted by Gasteiger charge is -2.25. The van der Waals surface area contributed by atoms with Crippen LogP contribution in [0.4, 0.5) is 0 Å². The summed E-state index contributed by atoms with van der Waals surface area (Å²) in [6.07, 6.45) is 5.80. The molecule has 2 unspecified atom stereocenters. The normalized spacial score (nSPS) is 29.7. The first-order valence-electron chi connectivity index (χ1n) is 5.48. The molecule has 90 valence electrons. The van der Waals surface area contributed by atoms with Crippen LogP contribution in [-0.4, -0.2) is 19.1 Å². The van der Waals surface area contributed by atoms with E-state index in [4.69, 9.17) is 10.5 Å². The third-order valence-corrected chi connectivity index (χ3v) is 3.27. The van der Waals surface area contributed by atoms with Gasteiger partial charge < -0.3 is 10.5 Å². The molecular formula is C11H22ClNO2. The summed E-state index contributed by atoms with van der Waals surface area (Å²) in [4.78, 5) is 11.7. The van der Waals surface area contributed by atoms with Crippen molar-refractivity contribution in [1.82, 2.24) is 0 Å². The maximum Gasteiger partial charge on any atom is 0.311 e. The van der Waals surface area contributed by atoms with Crippen molar-refractivity contribution in [3.05, 3.63) is 0 Å². The fourth-order valence-corrected chi connectivity index (χ4v) is 2.41. The van der Waals surface area contributed by atoms with E-state index in [-0.39, 0.29) is 29.8 Å². The third-order valence-electron chi connectivity index (χ3n) is 3.27. The molecule has 0 amide bonds. The molecule has 1 rings (SSSR count). The van der Waals surface area contributed by atoms with Crippen molar-refractivity contribution in [3.63, 3.8) is 0 Å². The second kappa shape index (κ2) is 6.33. The van der Waals surface area contributed by atoms with Crippen LogP contribution >= 0.6 is 12.4 Å². The van der Waals surface area contributed by atoms with Crippen molar-refractivity contribution in [1.29, 1.82) is 0 Å². The van der Waals surface area contributed by atoms with Crippen LogP contribution in [0.5, 0.6) is 0 Å². The Morgan fingerprint density at radius 3 is 2.67 bits per heavy atom. The zero-order valence-corrected chi connectivity index (χ0v) is 10.4. The Balaban J connectivity index is 0.00000196. The van der Waals surface area contributed by atoms with Gasteiger partial charge in [-0.2, -0.15) is 0 Å². The van der Waals surface area contributed by atoms with E-state index in [0.29, 0.717) is 0 Å². The standard InChI is InChI=1S/C11H21NO2.ClH/c1-3-4-6-11(10(13)14-2)7-5-9(12)8-11;/h9H,3-8,12H2,1-2H3;1H. The minimum atomic E-state index is -0.260. The Bertz CT molecular complexity index is 211. The second-order valence-electron chi connectivity index (χ2n) is 4.38. The zero-order valence-electron chi connectivity index (χ0n) is 9.62. The highest BCUT2D eigenvalue weighted by Gasteiger charge is 2.44. The lowest BCUT2D eigenvalue weighted by atomic mass is 9.81. The molecule has 0 bridgehead atoms. The number of rotatable bonds is 4. The molecule has 1 aliphatic rings. The van der Waals surface area contributed by atoms with E-state index >= 15 is 0 Å². The Kier molecular flexibility index (Phi) is 6.22. The van der Waals surface area contributed by atoms with Crippen LogP contribution in [0.3, 0.4) is 0 Å². The van der Waals surface area contributed by atoms with Gasteiger partial charge in [-0.05, 0) is 25.7 Å². The number of carbonyl (C=O) groups is 1. The Morgan fingerprint density at radius 1 is 1.60 bits per heavy atom. The molecule has 3 nitrogen and oxygen atoms in total. The molecule has 1 fully saturated rings. The van der Waals surface area contributed by atoms with Crippen molar-refractivity contribution < 1.29 is 9.53 Å². The van der Waals surface area contributed by atoms with Crippen LogP contribution in [0.1, 0.15) is 45.4 Å². The summed E-state index contributed by atoms with van der Waals surface area (Å²) in [7, 11) is 1.47. The van der Waals surface area contributed by atoms with E-state index in [1.54, 1.807) is 0 Å². The number of unbranched alkanes of at least 4 members (excludes halogenated alkanes) is 1. The molecule has 0 aliphatic heterocycles. The Hall–Kier alpha value is -0.280. The number of methoxy groups -OCH3 is 1. The van der Waals surface area contributed by atoms with E-state index in [1.807, 2.05) is 0 Å². The first kappa shape index (κ1) is 14.7. The lowest BCUT2D eigenvalue weighted by molar-refractivity contribution is -0.153. The molecule has 1 aliphatic carbocycles. The van der Waals surface area contributed by atoms with E-state index in [9.17, 15) is 4.79 Å². The molecule has 0 aromatic heterocycles. The van der Waals surface area contributed by atoms with E-state index in [0.717, 1.165) is 38.5 Å². The van der Waals surface area contributed by atoms with Gasteiger partial charge >= 0.3 is 5.97 Å². The smallest absolute Gasteiger partial charge is 0.311 e. The molecule has 0 heterocycles. The van der Waals surface area contributed by atoms with Crippen LogP contribution in [-0.2, 0) is 9.53 Å². The first-order chi connectivity index (χ1) is 6.64. The highest BCUT2D eigenvalue weighted by molar-refractivity contribution is 5.85. The largest absolute Gasteiger partial charge is 0.469 e. The predicted molar refractivity (Wildman–Crippen MR) is 63.0 cm³/mol. The number of ether oxygens (including phenoxy) is 1. The van der Waals surface area contributed by atoms with Gasteiger partial charge in [-0.3, -0.25) is 4.79 Å². The summed E-state index contributed by atoms with van der Waals surface area (Å²) in [5, 5.41) is 0. The van der Waals surface area contributed by atoms with Crippen molar-refractivity contribution in [2.75, 3.05) is 7.11 Å². The highest BCUT2D eigenvalue weighted by atomic mass is 35.5. The van der Waals surface area contributed by atoms with Crippen LogP contribution < -0.4 is 5.73 Å². The number of hydrogen-bond donors (Lipinski definition) is 1. The minimum Gasteiger partial charge on any atom is -0.469 e. The number of hydrogen-bond acceptors (Lipinski definition) is 3. The molecule has 0 spiro atoms. The fraction of sp³-hybridized carbons (Fsp3) is 0.909. The van der Waals surface area contributed by atoms with Gasteiger partial charge in [-0.1, -0.05) is 19.8 Å². The minimum absolute atomic E-state index is 0. The maximum atomic E-state index is 11.7. The Labute approximate surface area is 98.2 Å². The second-order valence-corrected chi connectivity index (χ2v) is 4.38. The maximum absolute atomic E-state index is 11.7. The molecule has 4 heteroatoms. The summed E-state index contributed by atoms with van der Waals surface area (Å²) in [6, 6.07) is 0.186. The van der Waals surface area contributed by atoms with Gasteiger partial charge in [-0.25, -0.2) is 0 Å². The average Bonchev–Trinajstić information content (AvgIpc) is 2.57. The Morgan fingerprint density at radius 2 is 2.27 bits per heavy atom. The van der Waals surface area contributed by atoms with E-state index < -0.39 is 0 Å². The summed E-state index contributed by atoms with van der Waals surface area (Å²) in [5.74, 6) is -0.0566. The third kappa shape index (κ3) is 3.35. The van der Waals surface area contributed by atoms with Gasteiger partial charge in [-0.15, -0.1) is 12.4 Å². The van der Waals surface area contributed by atoms with Gasteiger partial charge in [0.2, 0.25) is 0 Å². The molecular weight excluding hydrogens is 214 g/mol. The molecule has 0 radical (unpaired) electrons. The topological polar surface area (TPSA) is 52.3 Å². The fourth-order valence-electron chi connectivity index (χ4n) is 2.41. The number of carbonyl (C=O) groups excluding carboxylic acids is 1. The highest BCUT2D eigenvalue weighted by Crippen LogP contribution is 2.42. The first-order valence-corrected chi connectivity index (χ1v) is 5.48. The van der Waals surface area contributed by atoms with Gasteiger partial charge in [0.15, 0.2) is 0 Å². The zero-order chi connectivity index (χ0) is 10.6. The molecule has 0 aromatic carbocycles. The van der Waals surface area contributed by atoms with Crippen molar-refractivity contribution >= 4 is 18.4 Å². The molecule has 2 N–H and O–H groups in total. The van der Waals surface area contributed by atoms with Crippen LogP contribution in [0, 0.1) is 5.41 Å². The van der Waals surface area contributed by atoms with Gasteiger partial charge in [0.25, 0.3) is 0 Å². The number of nitrogens with two attached hydrogens (primary N) is 1. The van der Waals surface area contributed by atoms with Crippen molar-refractivity contribution in [2.45, 2.75) is 51.5 Å². The predicted octanol–water partition coefficient (Wildman–Crippen LogP) is 2.27. The molecule has 2 atom stereocenters. The van der Waals surface area contributed by atoms with Gasteiger partial charge in [0.05, 0.1) is 12.5 Å².